The van der Waals surface area contributed by atoms with E-state index < -0.39 is 0 Å². The van der Waals surface area contributed by atoms with E-state index in [9.17, 15) is 9.59 Å². The molecule has 1 aliphatic heterocycles. The van der Waals surface area contributed by atoms with Gasteiger partial charge < -0.3 is 5.32 Å². The minimum absolute atomic E-state index is 0.143. The largest absolute Gasteiger partial charge is 0.346 e. The van der Waals surface area contributed by atoms with Gasteiger partial charge in [0, 0.05) is 22.6 Å². The van der Waals surface area contributed by atoms with Crippen LogP contribution >= 0.6 is 11.3 Å². The van der Waals surface area contributed by atoms with Crippen LogP contribution in [0.3, 0.4) is 0 Å². The van der Waals surface area contributed by atoms with Gasteiger partial charge in [-0.25, -0.2) is 5.43 Å². The van der Waals surface area contributed by atoms with E-state index in [1.54, 1.807) is 11.3 Å². The van der Waals surface area contributed by atoms with E-state index in [4.69, 9.17) is 0 Å². The lowest BCUT2D eigenvalue weighted by Gasteiger charge is -2.11. The van der Waals surface area contributed by atoms with Crippen LogP contribution in [0.1, 0.15) is 28.2 Å². The molecule has 0 aromatic carbocycles. The molecule has 0 bridgehead atoms. The van der Waals surface area contributed by atoms with Crippen LogP contribution in [0.5, 0.6) is 0 Å². The predicted molar refractivity (Wildman–Crippen MR) is 70.5 cm³/mol. The molecule has 1 aliphatic rings. The molecule has 18 heavy (non-hydrogen) atoms. The molecule has 1 aromatic rings. The van der Waals surface area contributed by atoms with Gasteiger partial charge in [-0.05, 0) is 25.5 Å². The van der Waals surface area contributed by atoms with Gasteiger partial charge in [-0.15, -0.1) is 11.3 Å². The summed E-state index contributed by atoms with van der Waals surface area (Å²) in [5.74, 6) is -0.352. The molecular weight excluding hydrogens is 250 g/mol. The Labute approximate surface area is 109 Å². The van der Waals surface area contributed by atoms with Gasteiger partial charge in [-0.2, -0.15) is 5.10 Å². The molecular formula is C12H15N3O2S. The van der Waals surface area contributed by atoms with Crippen LogP contribution in [0.2, 0.25) is 0 Å². The highest BCUT2D eigenvalue weighted by molar-refractivity contribution is 7.12. The molecule has 2 amide bonds. The molecule has 2 heterocycles. The lowest BCUT2D eigenvalue weighted by Crippen LogP contribution is -2.36. The number of carbonyl (C=O) groups is 2. The Morgan fingerprint density at radius 3 is 2.83 bits per heavy atom. The van der Waals surface area contributed by atoms with Crippen LogP contribution in [0.25, 0.3) is 0 Å². The highest BCUT2D eigenvalue weighted by Crippen LogP contribution is 2.20. The molecule has 0 saturated heterocycles. The zero-order chi connectivity index (χ0) is 13.1. The number of nitrogens with zero attached hydrogens (tertiary/aromatic N) is 1. The Kier molecular flexibility index (Phi) is 3.76. The molecule has 0 fully saturated rings. The average molecular weight is 265 g/mol. The van der Waals surface area contributed by atoms with Crippen molar-refractivity contribution in [2.45, 2.75) is 33.2 Å². The maximum absolute atomic E-state index is 11.8. The lowest BCUT2D eigenvalue weighted by molar-refractivity contribution is -0.121. The first-order valence-electron chi connectivity index (χ1n) is 5.76. The summed E-state index contributed by atoms with van der Waals surface area (Å²) in [5.41, 5.74) is 3.95. The summed E-state index contributed by atoms with van der Waals surface area (Å²) >= 11 is 1.68. The van der Waals surface area contributed by atoms with Crippen molar-refractivity contribution in [2.24, 2.45) is 5.10 Å². The summed E-state index contributed by atoms with van der Waals surface area (Å²) in [7, 11) is 0. The fourth-order valence-electron chi connectivity index (χ4n) is 1.64. The Morgan fingerprint density at radius 2 is 2.28 bits per heavy atom. The Balaban J connectivity index is 1.90. The van der Waals surface area contributed by atoms with Gasteiger partial charge in [0.05, 0.1) is 6.54 Å². The van der Waals surface area contributed by atoms with Crippen molar-refractivity contribution < 1.29 is 9.59 Å². The van der Waals surface area contributed by atoms with E-state index in [1.165, 1.54) is 10.4 Å². The topological polar surface area (TPSA) is 70.6 Å². The second-order valence-electron chi connectivity index (χ2n) is 4.23. The number of aryl methyl sites for hydroxylation is 2. The summed E-state index contributed by atoms with van der Waals surface area (Å²) in [6.45, 7) is 4.62. The number of carbonyl (C=O) groups excluding carboxylic acids is 2. The van der Waals surface area contributed by atoms with Gasteiger partial charge >= 0.3 is 0 Å². The van der Waals surface area contributed by atoms with Crippen molar-refractivity contribution in [3.8, 4) is 0 Å². The molecule has 5 nitrogen and oxygen atoms in total. The molecule has 6 heteroatoms. The summed E-state index contributed by atoms with van der Waals surface area (Å²) < 4.78 is 0. The number of hydrazone groups is 1. The SMILES string of the molecule is Cc1cc(CNC(=O)C2=NNC(=O)CC2)sc1C. The van der Waals surface area contributed by atoms with Crippen LogP contribution in [-0.2, 0) is 16.1 Å². The number of thiophene rings is 1. The maximum atomic E-state index is 11.8. The van der Waals surface area contributed by atoms with Crippen molar-refractivity contribution >= 4 is 28.9 Å². The van der Waals surface area contributed by atoms with Crippen LogP contribution < -0.4 is 10.7 Å². The fourth-order valence-corrected chi connectivity index (χ4v) is 2.64. The number of nitrogens with one attached hydrogen (secondary N) is 2. The van der Waals surface area contributed by atoms with Gasteiger partial charge in [0.15, 0.2) is 0 Å². The number of hydrogen-bond donors (Lipinski definition) is 2. The second kappa shape index (κ2) is 5.30. The first-order chi connectivity index (χ1) is 8.56. The molecule has 0 saturated carbocycles. The first kappa shape index (κ1) is 12.8. The van der Waals surface area contributed by atoms with Gasteiger partial charge in [0.1, 0.15) is 5.71 Å². The average Bonchev–Trinajstić information content (AvgIpc) is 2.67. The molecule has 0 atom stereocenters. The third-order valence-electron chi connectivity index (χ3n) is 2.81. The zero-order valence-corrected chi connectivity index (χ0v) is 11.2. The summed E-state index contributed by atoms with van der Waals surface area (Å²) in [6, 6.07) is 2.07. The highest BCUT2D eigenvalue weighted by Gasteiger charge is 2.18. The number of amides is 2. The van der Waals surface area contributed by atoms with Crippen molar-refractivity contribution in [2.75, 3.05) is 0 Å². The summed E-state index contributed by atoms with van der Waals surface area (Å²) in [4.78, 5) is 25.1. The van der Waals surface area contributed by atoms with Crippen molar-refractivity contribution in [3.63, 3.8) is 0 Å². The molecule has 0 radical (unpaired) electrons. The second-order valence-corrected chi connectivity index (χ2v) is 5.57. The van der Waals surface area contributed by atoms with E-state index in [0.29, 0.717) is 25.1 Å². The molecule has 96 valence electrons. The van der Waals surface area contributed by atoms with E-state index in [2.05, 4.69) is 35.8 Å². The van der Waals surface area contributed by atoms with E-state index in [0.717, 1.165) is 4.88 Å². The maximum Gasteiger partial charge on any atom is 0.267 e. The van der Waals surface area contributed by atoms with Crippen molar-refractivity contribution in [1.29, 1.82) is 0 Å². The summed E-state index contributed by atoms with van der Waals surface area (Å²) in [5, 5.41) is 6.57. The third-order valence-corrected chi connectivity index (χ3v) is 3.96. The molecule has 2 rings (SSSR count). The van der Waals surface area contributed by atoms with Crippen LogP contribution in [0.15, 0.2) is 11.2 Å². The Morgan fingerprint density at radius 1 is 1.50 bits per heavy atom. The van der Waals surface area contributed by atoms with Gasteiger partial charge in [-0.1, -0.05) is 0 Å². The zero-order valence-electron chi connectivity index (χ0n) is 10.4. The van der Waals surface area contributed by atoms with E-state index >= 15 is 0 Å². The van der Waals surface area contributed by atoms with Gasteiger partial charge in [0.25, 0.3) is 5.91 Å². The van der Waals surface area contributed by atoms with Crippen molar-refractivity contribution in [3.05, 3.63) is 21.4 Å². The number of hydrogen-bond acceptors (Lipinski definition) is 4. The molecule has 2 N–H and O–H groups in total. The minimum Gasteiger partial charge on any atom is -0.346 e. The first-order valence-corrected chi connectivity index (χ1v) is 6.57. The fraction of sp³-hybridized carbons (Fsp3) is 0.417. The molecule has 0 aliphatic carbocycles. The minimum atomic E-state index is -0.210. The van der Waals surface area contributed by atoms with Crippen LogP contribution in [0, 0.1) is 13.8 Å². The van der Waals surface area contributed by atoms with E-state index in [1.807, 2.05) is 0 Å². The van der Waals surface area contributed by atoms with Gasteiger partial charge in [0.2, 0.25) is 5.91 Å². The van der Waals surface area contributed by atoms with E-state index in [-0.39, 0.29) is 11.8 Å². The Hall–Kier alpha value is -1.69. The van der Waals surface area contributed by atoms with Crippen LogP contribution in [0.4, 0.5) is 0 Å². The smallest absolute Gasteiger partial charge is 0.267 e. The third kappa shape index (κ3) is 2.95. The van der Waals surface area contributed by atoms with Gasteiger partial charge in [-0.3, -0.25) is 9.59 Å². The normalized spacial score (nSPS) is 15.0. The quantitative estimate of drug-likeness (QED) is 0.863. The predicted octanol–water partition coefficient (Wildman–Crippen LogP) is 1.25. The van der Waals surface area contributed by atoms with Crippen molar-refractivity contribution in [1.82, 2.24) is 10.7 Å². The Bertz CT molecular complexity index is 500. The molecule has 0 unspecified atom stereocenters. The monoisotopic (exact) mass is 265 g/mol. The standard InChI is InChI=1S/C12H15N3O2S/c1-7-5-9(18-8(7)2)6-13-12(17)10-3-4-11(16)15-14-10/h5H,3-4,6H2,1-2H3,(H,13,17)(H,15,16). The molecule has 0 spiro atoms. The number of rotatable bonds is 3. The van der Waals surface area contributed by atoms with Crippen LogP contribution in [-0.4, -0.2) is 17.5 Å². The lowest BCUT2D eigenvalue weighted by atomic mass is 10.1. The molecule has 1 aromatic heterocycles. The summed E-state index contributed by atoms with van der Waals surface area (Å²) in [6.07, 6.45) is 0.726. The highest BCUT2D eigenvalue weighted by atomic mass is 32.1.